The van der Waals surface area contributed by atoms with Crippen molar-refractivity contribution in [1.29, 1.82) is 0 Å². The number of hydrogen-bond acceptors (Lipinski definition) is 1. The van der Waals surface area contributed by atoms with Crippen LogP contribution in [0.2, 0.25) is 0 Å². The quantitative estimate of drug-likeness (QED) is 0.509. The summed E-state index contributed by atoms with van der Waals surface area (Å²) in [4.78, 5) is 0. The van der Waals surface area contributed by atoms with E-state index in [1.54, 1.807) is 0 Å². The van der Waals surface area contributed by atoms with E-state index >= 15 is 0 Å². The molecular formula is C21H29FO. The van der Waals surface area contributed by atoms with Crippen LogP contribution in [0.25, 0.3) is 0 Å². The monoisotopic (exact) mass is 316 g/mol. The highest BCUT2D eigenvalue weighted by molar-refractivity contribution is 5.27. The van der Waals surface area contributed by atoms with Crippen LogP contribution in [0.15, 0.2) is 11.6 Å². The Labute approximate surface area is 139 Å². The van der Waals surface area contributed by atoms with Crippen molar-refractivity contribution in [3.63, 3.8) is 0 Å². The van der Waals surface area contributed by atoms with Crippen molar-refractivity contribution in [2.75, 3.05) is 0 Å². The summed E-state index contributed by atoms with van der Waals surface area (Å²) in [5.41, 5.74) is 0.563. The molecule has 0 aromatic heterocycles. The van der Waals surface area contributed by atoms with Gasteiger partial charge in [0.25, 0.3) is 0 Å². The minimum atomic E-state index is -0.794. The Bertz CT molecular complexity index is 584. The fraction of sp³-hybridized carbons (Fsp3) is 0.810. The van der Waals surface area contributed by atoms with Crippen LogP contribution in [0.3, 0.4) is 0 Å². The predicted octanol–water partition coefficient (Wildman–Crippen LogP) is 4.65. The van der Waals surface area contributed by atoms with Crippen molar-refractivity contribution in [3.8, 4) is 11.8 Å². The molecule has 126 valence electrons. The average Bonchev–Trinajstić information content (AvgIpc) is 2.79. The topological polar surface area (TPSA) is 20.2 Å². The van der Waals surface area contributed by atoms with E-state index in [1.807, 2.05) is 6.92 Å². The molecule has 3 saturated carbocycles. The number of hydrogen-bond donors (Lipinski definition) is 1. The third-order valence-corrected chi connectivity index (χ3v) is 7.87. The van der Waals surface area contributed by atoms with E-state index in [0.717, 1.165) is 44.4 Å². The Morgan fingerprint density at radius 2 is 2.00 bits per heavy atom. The lowest BCUT2D eigenvalue weighted by Crippen LogP contribution is -2.52. The summed E-state index contributed by atoms with van der Waals surface area (Å²) in [6.45, 7) is 4.12. The lowest BCUT2D eigenvalue weighted by atomic mass is 9.51. The first-order valence-corrected chi connectivity index (χ1v) is 9.48. The summed E-state index contributed by atoms with van der Waals surface area (Å²) in [5.74, 6) is 8.73. The van der Waals surface area contributed by atoms with Crippen molar-refractivity contribution < 1.29 is 9.50 Å². The molecular weight excluding hydrogens is 287 g/mol. The Kier molecular flexibility index (Phi) is 3.65. The molecule has 23 heavy (non-hydrogen) atoms. The van der Waals surface area contributed by atoms with Crippen LogP contribution in [0.5, 0.6) is 0 Å². The average molecular weight is 316 g/mol. The molecule has 0 aromatic carbocycles. The molecule has 0 radical (unpaired) electrons. The van der Waals surface area contributed by atoms with Crippen molar-refractivity contribution in [3.05, 3.63) is 11.6 Å². The highest BCUT2D eigenvalue weighted by atomic mass is 19.1. The maximum Gasteiger partial charge on any atom is 0.131 e. The molecule has 0 bridgehead atoms. The molecule has 3 fully saturated rings. The van der Waals surface area contributed by atoms with Crippen molar-refractivity contribution in [2.45, 2.75) is 77.0 Å². The van der Waals surface area contributed by atoms with Crippen molar-refractivity contribution >= 4 is 0 Å². The highest BCUT2D eigenvalue weighted by Crippen LogP contribution is 2.64. The normalized spacial score (nSPS) is 51.7. The first kappa shape index (κ1) is 15.7. The lowest BCUT2D eigenvalue weighted by Gasteiger charge is -2.54. The van der Waals surface area contributed by atoms with Gasteiger partial charge in [-0.2, -0.15) is 0 Å². The Morgan fingerprint density at radius 3 is 2.78 bits per heavy atom. The van der Waals surface area contributed by atoms with Gasteiger partial charge in [-0.05, 0) is 82.0 Å². The van der Waals surface area contributed by atoms with E-state index in [1.165, 1.54) is 12.0 Å². The van der Waals surface area contributed by atoms with Crippen LogP contribution in [0.4, 0.5) is 4.39 Å². The third kappa shape index (κ3) is 2.15. The SMILES string of the molecule is CC#C[C@]1(O)CCC2C3CC=C4C[C@@H](F)CC[C@@H]4C3CC[C@@]21C. The maximum atomic E-state index is 13.8. The van der Waals surface area contributed by atoms with Gasteiger partial charge in [0, 0.05) is 5.41 Å². The van der Waals surface area contributed by atoms with Crippen LogP contribution in [-0.2, 0) is 0 Å². The molecule has 4 rings (SSSR count). The fourth-order valence-corrected chi connectivity index (χ4v) is 6.65. The molecule has 7 atom stereocenters. The van der Waals surface area contributed by atoms with E-state index in [9.17, 15) is 9.50 Å². The zero-order chi connectivity index (χ0) is 16.2. The van der Waals surface area contributed by atoms with Gasteiger partial charge < -0.3 is 5.11 Å². The van der Waals surface area contributed by atoms with Gasteiger partial charge in [-0.15, -0.1) is 5.92 Å². The third-order valence-electron chi connectivity index (χ3n) is 7.87. The fourth-order valence-electron chi connectivity index (χ4n) is 6.65. The highest BCUT2D eigenvalue weighted by Gasteiger charge is 2.61. The first-order chi connectivity index (χ1) is 11.0. The second-order valence-corrected chi connectivity index (χ2v) is 8.66. The molecule has 0 amide bonds. The summed E-state index contributed by atoms with van der Waals surface area (Å²) >= 11 is 0. The van der Waals surface area contributed by atoms with Crippen molar-refractivity contribution in [1.82, 2.24) is 0 Å². The second-order valence-electron chi connectivity index (χ2n) is 8.66. The maximum absolute atomic E-state index is 13.8. The van der Waals surface area contributed by atoms with Gasteiger partial charge in [0.2, 0.25) is 0 Å². The molecule has 2 heteroatoms. The first-order valence-electron chi connectivity index (χ1n) is 9.48. The van der Waals surface area contributed by atoms with Gasteiger partial charge in [0.1, 0.15) is 11.8 Å². The molecule has 0 aliphatic heterocycles. The molecule has 1 N–H and O–H groups in total. The number of allylic oxidation sites excluding steroid dienone is 2. The van der Waals surface area contributed by atoms with E-state index in [4.69, 9.17) is 0 Å². The predicted molar refractivity (Wildman–Crippen MR) is 90.4 cm³/mol. The smallest absolute Gasteiger partial charge is 0.131 e. The van der Waals surface area contributed by atoms with Gasteiger partial charge in [0.15, 0.2) is 0 Å². The van der Waals surface area contributed by atoms with Crippen LogP contribution in [0, 0.1) is 40.9 Å². The number of rotatable bonds is 0. The summed E-state index contributed by atoms with van der Waals surface area (Å²) < 4.78 is 13.8. The van der Waals surface area contributed by atoms with E-state index in [-0.39, 0.29) is 5.41 Å². The summed E-state index contributed by atoms with van der Waals surface area (Å²) in [5, 5.41) is 11.2. The molecule has 1 nitrogen and oxygen atoms in total. The van der Waals surface area contributed by atoms with Gasteiger partial charge in [-0.3, -0.25) is 0 Å². The summed E-state index contributed by atoms with van der Waals surface area (Å²) in [6, 6.07) is 0. The minimum absolute atomic E-state index is 0.0557. The van der Waals surface area contributed by atoms with Crippen LogP contribution in [0.1, 0.15) is 65.2 Å². The largest absolute Gasteiger partial charge is 0.377 e. The molecule has 4 aliphatic rings. The molecule has 3 unspecified atom stereocenters. The van der Waals surface area contributed by atoms with E-state index in [0.29, 0.717) is 24.2 Å². The molecule has 0 heterocycles. The van der Waals surface area contributed by atoms with Gasteiger partial charge >= 0.3 is 0 Å². The minimum Gasteiger partial charge on any atom is -0.377 e. The van der Waals surface area contributed by atoms with E-state index < -0.39 is 11.8 Å². The summed E-state index contributed by atoms with van der Waals surface area (Å²) in [6.07, 6.45) is 9.51. The molecule has 4 aliphatic carbocycles. The zero-order valence-electron chi connectivity index (χ0n) is 14.4. The Hall–Kier alpha value is -0.810. The number of halogens is 1. The molecule has 0 aromatic rings. The van der Waals surface area contributed by atoms with Gasteiger partial charge in [-0.1, -0.05) is 24.5 Å². The molecule has 0 spiro atoms. The Morgan fingerprint density at radius 1 is 1.17 bits per heavy atom. The zero-order valence-corrected chi connectivity index (χ0v) is 14.4. The van der Waals surface area contributed by atoms with E-state index in [2.05, 4.69) is 24.8 Å². The van der Waals surface area contributed by atoms with Crippen LogP contribution in [-0.4, -0.2) is 16.9 Å². The van der Waals surface area contributed by atoms with Gasteiger partial charge in [-0.25, -0.2) is 4.39 Å². The molecule has 0 saturated heterocycles. The number of alkyl halides is 1. The standard InChI is InChI=1S/C21H29FO/c1-3-10-21(23)12-9-19-18-6-4-14-13-15(22)5-7-16(14)17(18)8-11-20(19,21)2/h4,15-19,23H,5-9,11-13H2,1-2H3/t15-,16-,17?,18?,19?,20-,21-/m0/s1. The number of fused-ring (bicyclic) bond motifs is 5. The Balaban J connectivity index is 1.64. The van der Waals surface area contributed by atoms with Crippen LogP contribution < -0.4 is 0 Å². The van der Waals surface area contributed by atoms with Gasteiger partial charge in [0.05, 0.1) is 0 Å². The summed E-state index contributed by atoms with van der Waals surface area (Å²) in [7, 11) is 0. The number of aliphatic hydroxyl groups is 1. The second kappa shape index (κ2) is 5.35. The lowest BCUT2D eigenvalue weighted by molar-refractivity contribution is -0.0821. The van der Waals surface area contributed by atoms with Crippen LogP contribution >= 0.6 is 0 Å². The van der Waals surface area contributed by atoms with Crippen molar-refractivity contribution in [2.24, 2.45) is 29.1 Å².